The molecule has 3 rings (SSSR count). The summed E-state index contributed by atoms with van der Waals surface area (Å²) < 4.78 is 5.70. The smallest absolute Gasteiger partial charge is 0.134 e. The van der Waals surface area contributed by atoms with E-state index in [0.717, 1.165) is 25.2 Å². The molecule has 1 aliphatic heterocycles. The average Bonchev–Trinajstić information content (AvgIpc) is 2.88. The first-order valence-corrected chi connectivity index (χ1v) is 7.64. The first kappa shape index (κ1) is 14.6. The van der Waals surface area contributed by atoms with Gasteiger partial charge in [0.2, 0.25) is 0 Å². The zero-order valence-electron chi connectivity index (χ0n) is 13.2. The highest BCUT2D eigenvalue weighted by atomic mass is 16.3. The number of rotatable bonds is 3. The third-order valence-corrected chi connectivity index (χ3v) is 4.88. The van der Waals surface area contributed by atoms with Gasteiger partial charge in [0.15, 0.2) is 0 Å². The molecule has 1 saturated heterocycles. The lowest BCUT2D eigenvalue weighted by Crippen LogP contribution is -2.58. The van der Waals surface area contributed by atoms with E-state index in [1.54, 1.807) is 0 Å². The Hall–Kier alpha value is -1.36. The summed E-state index contributed by atoms with van der Waals surface area (Å²) in [5, 5.41) is 1.18. The third-order valence-electron chi connectivity index (χ3n) is 4.88. The van der Waals surface area contributed by atoms with Gasteiger partial charge in [0.25, 0.3) is 0 Å². The number of nitrogens with two attached hydrogens (primary N) is 1. The molecule has 0 aliphatic carbocycles. The summed E-state index contributed by atoms with van der Waals surface area (Å²) in [6.45, 7) is 8.33. The molecule has 1 aromatic heterocycles. The van der Waals surface area contributed by atoms with E-state index in [9.17, 15) is 0 Å². The maximum Gasteiger partial charge on any atom is 0.134 e. The van der Waals surface area contributed by atoms with Crippen molar-refractivity contribution in [2.75, 3.05) is 33.2 Å². The number of likely N-dealkylation sites (N-methyl/N-ethyl adjacent to an activating group) is 1. The topological polar surface area (TPSA) is 45.6 Å². The fourth-order valence-corrected chi connectivity index (χ4v) is 3.27. The molecular formula is C17H25N3O. The first-order chi connectivity index (χ1) is 10.0. The standard InChI is InChI=1S/C17H25N3O/c1-17(2)12-20(9-8-19(17)3)15(10-18)14-11-21-16-7-5-4-6-13(14)16/h4-7,11,15H,8-10,12,18H2,1-3H3. The van der Waals surface area contributed by atoms with Crippen LogP contribution in [0.15, 0.2) is 34.9 Å². The molecule has 21 heavy (non-hydrogen) atoms. The van der Waals surface area contributed by atoms with Crippen LogP contribution in [0.1, 0.15) is 25.5 Å². The monoisotopic (exact) mass is 287 g/mol. The number of nitrogens with zero attached hydrogens (tertiary/aromatic N) is 2. The summed E-state index contributed by atoms with van der Waals surface area (Å²) in [6.07, 6.45) is 1.88. The largest absolute Gasteiger partial charge is 0.464 e. The summed E-state index contributed by atoms with van der Waals surface area (Å²) in [5.41, 5.74) is 8.44. The second-order valence-electron chi connectivity index (χ2n) is 6.64. The highest BCUT2D eigenvalue weighted by Crippen LogP contribution is 2.32. The molecule has 0 bridgehead atoms. The lowest BCUT2D eigenvalue weighted by molar-refractivity contribution is 0.0181. The predicted octanol–water partition coefficient (Wildman–Crippen LogP) is 2.46. The molecule has 0 saturated carbocycles. The number of benzene rings is 1. The van der Waals surface area contributed by atoms with Crippen molar-refractivity contribution < 1.29 is 4.42 Å². The molecule has 2 aromatic rings. The molecule has 1 atom stereocenters. The van der Waals surface area contributed by atoms with E-state index in [-0.39, 0.29) is 11.6 Å². The van der Waals surface area contributed by atoms with Gasteiger partial charge in [0.05, 0.1) is 12.3 Å². The summed E-state index contributed by atoms with van der Waals surface area (Å²) in [5.74, 6) is 0. The number of piperazine rings is 1. The van der Waals surface area contributed by atoms with Crippen LogP contribution in [0.25, 0.3) is 11.0 Å². The van der Waals surface area contributed by atoms with Gasteiger partial charge in [-0.15, -0.1) is 0 Å². The minimum Gasteiger partial charge on any atom is -0.464 e. The SMILES string of the molecule is CN1CCN(C(CN)c2coc3ccccc23)CC1(C)C. The maximum absolute atomic E-state index is 6.11. The van der Waals surface area contributed by atoms with Crippen LogP contribution >= 0.6 is 0 Å². The fourth-order valence-electron chi connectivity index (χ4n) is 3.27. The van der Waals surface area contributed by atoms with Crippen molar-refractivity contribution in [3.05, 3.63) is 36.1 Å². The maximum atomic E-state index is 6.11. The van der Waals surface area contributed by atoms with Gasteiger partial charge in [0, 0.05) is 42.7 Å². The van der Waals surface area contributed by atoms with Gasteiger partial charge in [-0.1, -0.05) is 18.2 Å². The van der Waals surface area contributed by atoms with Gasteiger partial charge < -0.3 is 10.2 Å². The quantitative estimate of drug-likeness (QED) is 0.942. The minimum atomic E-state index is 0.172. The van der Waals surface area contributed by atoms with Gasteiger partial charge in [0.1, 0.15) is 5.58 Å². The van der Waals surface area contributed by atoms with Crippen LogP contribution in [-0.2, 0) is 0 Å². The van der Waals surface area contributed by atoms with Gasteiger partial charge in [-0.3, -0.25) is 9.80 Å². The van der Waals surface area contributed by atoms with Gasteiger partial charge in [-0.25, -0.2) is 0 Å². The zero-order chi connectivity index (χ0) is 15.0. The molecule has 0 spiro atoms. The van der Waals surface area contributed by atoms with Crippen molar-refractivity contribution in [3.8, 4) is 0 Å². The van der Waals surface area contributed by atoms with E-state index in [4.69, 9.17) is 10.2 Å². The number of hydrogen-bond acceptors (Lipinski definition) is 4. The van der Waals surface area contributed by atoms with E-state index < -0.39 is 0 Å². The molecule has 1 aliphatic rings. The van der Waals surface area contributed by atoms with Crippen molar-refractivity contribution >= 4 is 11.0 Å². The van der Waals surface area contributed by atoms with E-state index in [0.29, 0.717) is 6.54 Å². The van der Waals surface area contributed by atoms with Crippen LogP contribution in [-0.4, -0.2) is 48.6 Å². The minimum absolute atomic E-state index is 0.172. The number of hydrogen-bond donors (Lipinski definition) is 1. The molecule has 1 aromatic carbocycles. The Kier molecular flexibility index (Phi) is 3.78. The van der Waals surface area contributed by atoms with E-state index in [1.165, 1.54) is 10.9 Å². The second kappa shape index (κ2) is 5.44. The summed E-state index contributed by atoms with van der Waals surface area (Å²) in [6, 6.07) is 8.43. The van der Waals surface area contributed by atoms with Crippen molar-refractivity contribution in [2.45, 2.75) is 25.4 Å². The highest BCUT2D eigenvalue weighted by molar-refractivity contribution is 5.81. The molecular weight excluding hydrogens is 262 g/mol. The Morgan fingerprint density at radius 1 is 1.29 bits per heavy atom. The molecule has 1 unspecified atom stereocenters. The van der Waals surface area contributed by atoms with Crippen molar-refractivity contribution in [2.24, 2.45) is 5.73 Å². The molecule has 0 radical (unpaired) electrons. The molecule has 0 amide bonds. The molecule has 1 fully saturated rings. The Labute approximate surface area is 126 Å². The van der Waals surface area contributed by atoms with Crippen molar-refractivity contribution in [3.63, 3.8) is 0 Å². The van der Waals surface area contributed by atoms with Crippen LogP contribution in [0.3, 0.4) is 0 Å². The van der Waals surface area contributed by atoms with Crippen molar-refractivity contribution in [1.82, 2.24) is 9.80 Å². The molecule has 114 valence electrons. The number of para-hydroxylation sites is 1. The Bertz CT molecular complexity index is 619. The normalized spacial score (nSPS) is 21.7. The summed E-state index contributed by atoms with van der Waals surface area (Å²) in [4.78, 5) is 4.92. The van der Waals surface area contributed by atoms with Gasteiger partial charge in [-0.05, 0) is 27.0 Å². The number of furan rings is 1. The highest BCUT2D eigenvalue weighted by Gasteiger charge is 2.35. The van der Waals surface area contributed by atoms with Gasteiger partial charge in [-0.2, -0.15) is 0 Å². The van der Waals surface area contributed by atoms with Crippen LogP contribution in [0.5, 0.6) is 0 Å². The van der Waals surface area contributed by atoms with Crippen LogP contribution in [0.4, 0.5) is 0 Å². The molecule has 2 N–H and O–H groups in total. The zero-order valence-corrected chi connectivity index (χ0v) is 13.2. The van der Waals surface area contributed by atoms with Crippen LogP contribution in [0.2, 0.25) is 0 Å². The Morgan fingerprint density at radius 2 is 2.05 bits per heavy atom. The average molecular weight is 287 g/mol. The molecule has 4 nitrogen and oxygen atoms in total. The molecule has 2 heterocycles. The van der Waals surface area contributed by atoms with E-state index >= 15 is 0 Å². The number of fused-ring (bicyclic) bond motifs is 1. The van der Waals surface area contributed by atoms with E-state index in [1.807, 2.05) is 18.4 Å². The molecule has 4 heteroatoms. The van der Waals surface area contributed by atoms with Crippen LogP contribution in [0, 0.1) is 0 Å². The Balaban J connectivity index is 1.92. The van der Waals surface area contributed by atoms with E-state index in [2.05, 4.69) is 42.8 Å². The second-order valence-corrected chi connectivity index (χ2v) is 6.64. The summed E-state index contributed by atoms with van der Waals surface area (Å²) >= 11 is 0. The first-order valence-electron chi connectivity index (χ1n) is 7.64. The van der Waals surface area contributed by atoms with Crippen molar-refractivity contribution in [1.29, 1.82) is 0 Å². The fraction of sp³-hybridized carbons (Fsp3) is 0.529. The summed E-state index contributed by atoms with van der Waals surface area (Å²) in [7, 11) is 2.20. The van der Waals surface area contributed by atoms with Crippen LogP contribution < -0.4 is 5.73 Å². The van der Waals surface area contributed by atoms with Gasteiger partial charge >= 0.3 is 0 Å². The third kappa shape index (κ3) is 2.59. The predicted molar refractivity (Wildman–Crippen MR) is 86.3 cm³/mol. The lowest BCUT2D eigenvalue weighted by Gasteiger charge is -2.47. The Morgan fingerprint density at radius 3 is 2.76 bits per heavy atom. The lowest BCUT2D eigenvalue weighted by atomic mass is 9.96.